The lowest BCUT2D eigenvalue weighted by Gasteiger charge is -2.34. The number of H-pyrrole nitrogens is 1. The van der Waals surface area contributed by atoms with E-state index in [0.29, 0.717) is 5.75 Å². The van der Waals surface area contributed by atoms with Crippen LogP contribution in [0, 0.1) is 5.82 Å². The molecule has 1 aromatic heterocycles. The number of carbonyl (C=O) groups is 1. The van der Waals surface area contributed by atoms with Crippen molar-refractivity contribution >= 4 is 17.7 Å². The standard InChI is InChI=1S/C23H24FN3O2S/c1-29-18-8-10-19(11-9-18)30-15-22(28)27-12-3-2-7-21(27)23-25-14-20(26-23)16-5-4-6-17(24)13-16/h4-6,8-11,13-14,21H,2-3,7,12,15H2,1H3,(H,25,26). The minimum Gasteiger partial charge on any atom is -0.497 e. The van der Waals surface area contributed by atoms with E-state index in [4.69, 9.17) is 4.74 Å². The maximum atomic E-state index is 13.6. The Bertz CT molecular complexity index is 1010. The second-order valence-corrected chi connectivity index (χ2v) is 8.30. The van der Waals surface area contributed by atoms with Crippen molar-refractivity contribution in [3.05, 3.63) is 66.4 Å². The number of carbonyl (C=O) groups excluding carboxylic acids is 1. The van der Waals surface area contributed by atoms with Crippen LogP contribution in [0.3, 0.4) is 0 Å². The van der Waals surface area contributed by atoms with E-state index < -0.39 is 0 Å². The van der Waals surface area contributed by atoms with Crippen molar-refractivity contribution in [1.29, 1.82) is 0 Å². The Morgan fingerprint density at radius 2 is 2.10 bits per heavy atom. The van der Waals surface area contributed by atoms with Crippen molar-refractivity contribution in [1.82, 2.24) is 14.9 Å². The number of halogens is 1. The van der Waals surface area contributed by atoms with Crippen LogP contribution in [0.2, 0.25) is 0 Å². The van der Waals surface area contributed by atoms with Crippen molar-refractivity contribution < 1.29 is 13.9 Å². The molecule has 1 aliphatic rings. The summed E-state index contributed by atoms with van der Waals surface area (Å²) in [5.41, 5.74) is 1.51. The topological polar surface area (TPSA) is 58.2 Å². The first-order valence-corrected chi connectivity index (χ1v) is 11.0. The Morgan fingerprint density at radius 1 is 1.27 bits per heavy atom. The Kier molecular flexibility index (Phi) is 6.38. The summed E-state index contributed by atoms with van der Waals surface area (Å²) < 4.78 is 18.7. The average Bonchev–Trinajstić information content (AvgIpc) is 3.28. The van der Waals surface area contributed by atoms with Crippen LogP contribution in [0.15, 0.2) is 59.6 Å². The molecule has 7 heteroatoms. The van der Waals surface area contributed by atoms with Crippen molar-refractivity contribution in [2.45, 2.75) is 30.2 Å². The zero-order chi connectivity index (χ0) is 20.9. The number of aromatic nitrogens is 2. The van der Waals surface area contributed by atoms with Gasteiger partial charge in [-0.3, -0.25) is 4.79 Å². The molecule has 0 radical (unpaired) electrons. The fourth-order valence-corrected chi connectivity index (χ4v) is 4.51. The Labute approximate surface area is 179 Å². The van der Waals surface area contributed by atoms with E-state index in [1.807, 2.05) is 35.2 Å². The third-order valence-electron chi connectivity index (χ3n) is 5.29. The molecule has 1 amide bonds. The van der Waals surface area contributed by atoms with Gasteiger partial charge in [0.05, 0.1) is 30.8 Å². The number of imidazole rings is 1. The van der Waals surface area contributed by atoms with Gasteiger partial charge in [-0.1, -0.05) is 12.1 Å². The van der Waals surface area contributed by atoms with Crippen LogP contribution < -0.4 is 4.74 Å². The van der Waals surface area contributed by atoms with Crippen LogP contribution in [0.4, 0.5) is 4.39 Å². The zero-order valence-electron chi connectivity index (χ0n) is 16.8. The first-order chi connectivity index (χ1) is 14.6. The molecule has 1 unspecified atom stereocenters. The fourth-order valence-electron chi connectivity index (χ4n) is 3.72. The number of amides is 1. The van der Waals surface area contributed by atoms with Gasteiger partial charge in [-0.15, -0.1) is 11.8 Å². The molecule has 1 aliphatic heterocycles. The second-order valence-electron chi connectivity index (χ2n) is 7.26. The minimum atomic E-state index is -0.284. The van der Waals surface area contributed by atoms with E-state index in [0.717, 1.165) is 53.5 Å². The maximum absolute atomic E-state index is 13.6. The number of benzene rings is 2. The molecular formula is C23H24FN3O2S. The highest BCUT2D eigenvalue weighted by atomic mass is 32.2. The molecule has 0 aliphatic carbocycles. The molecular weight excluding hydrogens is 401 g/mol. The van der Waals surface area contributed by atoms with Gasteiger partial charge >= 0.3 is 0 Å². The summed E-state index contributed by atoms with van der Waals surface area (Å²) in [4.78, 5) is 23.8. The number of aromatic amines is 1. The van der Waals surface area contributed by atoms with E-state index in [1.165, 1.54) is 23.9 Å². The van der Waals surface area contributed by atoms with Gasteiger partial charge in [0.25, 0.3) is 0 Å². The van der Waals surface area contributed by atoms with Crippen molar-refractivity contribution in [2.75, 3.05) is 19.4 Å². The largest absolute Gasteiger partial charge is 0.497 e. The first kappa shape index (κ1) is 20.5. The number of hydrogen-bond acceptors (Lipinski definition) is 4. The number of likely N-dealkylation sites (tertiary alicyclic amines) is 1. The van der Waals surface area contributed by atoms with Gasteiger partial charge in [0.2, 0.25) is 5.91 Å². The van der Waals surface area contributed by atoms with Gasteiger partial charge in [0, 0.05) is 17.0 Å². The maximum Gasteiger partial charge on any atom is 0.233 e. The predicted octanol–water partition coefficient (Wildman–Crippen LogP) is 5.07. The Morgan fingerprint density at radius 3 is 2.87 bits per heavy atom. The molecule has 156 valence electrons. The summed E-state index contributed by atoms with van der Waals surface area (Å²) in [5.74, 6) is 1.75. The van der Waals surface area contributed by atoms with Gasteiger partial charge in [-0.05, 0) is 55.7 Å². The molecule has 4 rings (SSSR count). The highest BCUT2D eigenvalue weighted by molar-refractivity contribution is 8.00. The van der Waals surface area contributed by atoms with Gasteiger partial charge < -0.3 is 14.6 Å². The number of methoxy groups -OCH3 is 1. The second kappa shape index (κ2) is 9.34. The van der Waals surface area contributed by atoms with Gasteiger partial charge in [0.15, 0.2) is 0 Å². The van der Waals surface area contributed by atoms with Crippen LogP contribution in [0.1, 0.15) is 31.1 Å². The van der Waals surface area contributed by atoms with Crippen molar-refractivity contribution in [2.24, 2.45) is 0 Å². The molecule has 1 saturated heterocycles. The molecule has 30 heavy (non-hydrogen) atoms. The number of ether oxygens (including phenoxy) is 1. The summed E-state index contributed by atoms with van der Waals surface area (Å²) in [6.45, 7) is 0.725. The number of rotatable bonds is 6. The highest BCUT2D eigenvalue weighted by Gasteiger charge is 2.30. The molecule has 3 aromatic rings. The lowest BCUT2D eigenvalue weighted by molar-refractivity contribution is -0.132. The lowest BCUT2D eigenvalue weighted by atomic mass is 10.0. The molecule has 1 N–H and O–H groups in total. The van der Waals surface area contributed by atoms with Crippen LogP contribution >= 0.6 is 11.8 Å². The fraction of sp³-hybridized carbons (Fsp3) is 0.304. The van der Waals surface area contributed by atoms with Crippen LogP contribution in [0.25, 0.3) is 11.3 Å². The number of thioether (sulfide) groups is 1. The molecule has 0 saturated carbocycles. The molecule has 1 atom stereocenters. The lowest BCUT2D eigenvalue weighted by Crippen LogP contribution is -2.40. The number of hydrogen-bond donors (Lipinski definition) is 1. The summed E-state index contributed by atoms with van der Waals surface area (Å²) in [5, 5.41) is 0. The predicted molar refractivity (Wildman–Crippen MR) is 116 cm³/mol. The van der Waals surface area contributed by atoms with Crippen LogP contribution in [-0.2, 0) is 4.79 Å². The van der Waals surface area contributed by atoms with E-state index in [1.54, 1.807) is 19.4 Å². The summed E-state index contributed by atoms with van der Waals surface area (Å²) in [6, 6.07) is 14.1. The third kappa shape index (κ3) is 4.67. The van der Waals surface area contributed by atoms with Crippen molar-refractivity contribution in [3.8, 4) is 17.0 Å². The Balaban J connectivity index is 1.45. The number of nitrogens with one attached hydrogen (secondary N) is 1. The van der Waals surface area contributed by atoms with Crippen LogP contribution in [0.5, 0.6) is 5.75 Å². The van der Waals surface area contributed by atoms with Gasteiger partial charge in [-0.25, -0.2) is 9.37 Å². The van der Waals surface area contributed by atoms with Gasteiger partial charge in [0.1, 0.15) is 17.4 Å². The quantitative estimate of drug-likeness (QED) is 0.560. The molecule has 2 heterocycles. The summed E-state index contributed by atoms with van der Waals surface area (Å²) >= 11 is 1.52. The van der Waals surface area contributed by atoms with Crippen LogP contribution in [-0.4, -0.2) is 40.2 Å². The third-order valence-corrected chi connectivity index (χ3v) is 6.29. The smallest absolute Gasteiger partial charge is 0.233 e. The first-order valence-electron chi connectivity index (χ1n) is 10.0. The molecule has 1 fully saturated rings. The molecule has 5 nitrogen and oxygen atoms in total. The summed E-state index contributed by atoms with van der Waals surface area (Å²) in [6.07, 6.45) is 4.63. The average molecular weight is 426 g/mol. The molecule has 0 spiro atoms. The normalized spacial score (nSPS) is 16.5. The minimum absolute atomic E-state index is 0.0787. The van der Waals surface area contributed by atoms with Crippen molar-refractivity contribution in [3.63, 3.8) is 0 Å². The molecule has 2 aromatic carbocycles. The summed E-state index contributed by atoms with van der Waals surface area (Å²) in [7, 11) is 1.64. The number of nitrogens with zero attached hydrogens (tertiary/aromatic N) is 2. The van der Waals surface area contributed by atoms with Gasteiger partial charge in [-0.2, -0.15) is 0 Å². The Hall–Kier alpha value is -2.80. The van der Waals surface area contributed by atoms with E-state index in [2.05, 4.69) is 9.97 Å². The molecule has 0 bridgehead atoms. The van der Waals surface area contributed by atoms with E-state index in [9.17, 15) is 9.18 Å². The monoisotopic (exact) mass is 425 g/mol. The SMILES string of the molecule is COc1ccc(SCC(=O)N2CCCCC2c2ncc(-c3cccc(F)c3)[nH]2)cc1. The van der Waals surface area contributed by atoms with E-state index in [-0.39, 0.29) is 17.8 Å². The van der Waals surface area contributed by atoms with E-state index >= 15 is 0 Å². The highest BCUT2D eigenvalue weighted by Crippen LogP contribution is 2.32. The number of piperidine rings is 1. The zero-order valence-corrected chi connectivity index (χ0v) is 17.6.